The van der Waals surface area contributed by atoms with Crippen molar-refractivity contribution in [1.29, 1.82) is 0 Å². The van der Waals surface area contributed by atoms with Gasteiger partial charge in [0.1, 0.15) is 11.8 Å². The molecule has 106 valence electrons. The van der Waals surface area contributed by atoms with Crippen LogP contribution < -0.4 is 15.8 Å². The molecule has 19 heavy (non-hydrogen) atoms. The minimum Gasteiger partial charge on any atom is -0.491 e. The van der Waals surface area contributed by atoms with Gasteiger partial charge in [-0.05, 0) is 44.9 Å². The molecule has 0 aliphatic rings. The summed E-state index contributed by atoms with van der Waals surface area (Å²) in [5, 5.41) is 3.23. The zero-order valence-corrected chi connectivity index (χ0v) is 12.1. The van der Waals surface area contributed by atoms with E-state index in [1.165, 1.54) is 0 Å². The molecule has 0 fully saturated rings. The van der Waals surface area contributed by atoms with Crippen LogP contribution in [0.2, 0.25) is 0 Å². The Labute approximate surface area is 115 Å². The van der Waals surface area contributed by atoms with Gasteiger partial charge in [0, 0.05) is 6.04 Å². The standard InChI is InChI=1S/C15H24N2O2/c1-5-11(4)17-14(15(16)18)12-7-6-8-13(9-12)19-10(2)3/h6-11,14,17H,5H2,1-4H3,(H2,16,18). The highest BCUT2D eigenvalue weighted by Crippen LogP contribution is 2.21. The van der Waals surface area contributed by atoms with Crippen molar-refractivity contribution in [3.63, 3.8) is 0 Å². The third-order valence-corrected chi connectivity index (χ3v) is 2.91. The largest absolute Gasteiger partial charge is 0.491 e. The number of nitrogens with two attached hydrogens (primary N) is 1. The summed E-state index contributed by atoms with van der Waals surface area (Å²) < 4.78 is 5.64. The lowest BCUT2D eigenvalue weighted by molar-refractivity contribution is -0.120. The van der Waals surface area contributed by atoms with Crippen LogP contribution in [0, 0.1) is 0 Å². The number of rotatable bonds is 7. The molecule has 1 amide bonds. The van der Waals surface area contributed by atoms with Crippen LogP contribution >= 0.6 is 0 Å². The summed E-state index contributed by atoms with van der Waals surface area (Å²) in [6.07, 6.45) is 1.04. The predicted molar refractivity (Wildman–Crippen MR) is 77.0 cm³/mol. The summed E-state index contributed by atoms with van der Waals surface area (Å²) >= 11 is 0. The molecule has 4 nitrogen and oxygen atoms in total. The summed E-state index contributed by atoms with van der Waals surface area (Å²) in [6, 6.07) is 7.26. The van der Waals surface area contributed by atoms with Crippen molar-refractivity contribution in [2.75, 3.05) is 0 Å². The predicted octanol–water partition coefficient (Wildman–Crippen LogP) is 2.39. The molecular weight excluding hydrogens is 240 g/mol. The van der Waals surface area contributed by atoms with E-state index in [1.807, 2.05) is 45.0 Å². The molecule has 2 unspecified atom stereocenters. The maximum Gasteiger partial charge on any atom is 0.239 e. The maximum atomic E-state index is 11.6. The van der Waals surface area contributed by atoms with Gasteiger partial charge in [-0.1, -0.05) is 19.1 Å². The Bertz CT molecular complexity index is 418. The van der Waals surface area contributed by atoms with Crippen LogP contribution in [0.15, 0.2) is 24.3 Å². The van der Waals surface area contributed by atoms with E-state index >= 15 is 0 Å². The van der Waals surface area contributed by atoms with Gasteiger partial charge in [0.05, 0.1) is 6.10 Å². The summed E-state index contributed by atoms with van der Waals surface area (Å²) in [5.74, 6) is 0.381. The first kappa shape index (κ1) is 15.5. The molecule has 0 radical (unpaired) electrons. The van der Waals surface area contributed by atoms with Gasteiger partial charge in [0.25, 0.3) is 0 Å². The molecule has 0 aliphatic heterocycles. The fourth-order valence-corrected chi connectivity index (χ4v) is 1.78. The van der Waals surface area contributed by atoms with E-state index in [1.54, 1.807) is 0 Å². The fourth-order valence-electron chi connectivity index (χ4n) is 1.78. The number of carbonyl (C=O) groups is 1. The van der Waals surface area contributed by atoms with Crippen LogP contribution in [0.4, 0.5) is 0 Å². The van der Waals surface area contributed by atoms with E-state index < -0.39 is 6.04 Å². The van der Waals surface area contributed by atoms with Crippen LogP contribution in [0.5, 0.6) is 5.75 Å². The Hall–Kier alpha value is -1.55. The number of ether oxygens (including phenoxy) is 1. The topological polar surface area (TPSA) is 64.3 Å². The summed E-state index contributed by atoms with van der Waals surface area (Å²) in [5.41, 5.74) is 6.32. The van der Waals surface area contributed by atoms with Crippen LogP contribution in [-0.4, -0.2) is 18.1 Å². The molecule has 0 bridgehead atoms. The minimum absolute atomic E-state index is 0.102. The second kappa shape index (κ2) is 7.14. The number of hydrogen-bond acceptors (Lipinski definition) is 3. The summed E-state index contributed by atoms with van der Waals surface area (Å²) in [6.45, 7) is 8.03. The van der Waals surface area contributed by atoms with Gasteiger partial charge in [-0.15, -0.1) is 0 Å². The molecule has 0 heterocycles. The normalized spacial score (nSPS) is 14.2. The Morgan fingerprint density at radius 1 is 1.37 bits per heavy atom. The molecular formula is C15H24N2O2. The highest BCUT2D eigenvalue weighted by molar-refractivity contribution is 5.81. The fraction of sp³-hybridized carbons (Fsp3) is 0.533. The van der Waals surface area contributed by atoms with Crippen molar-refractivity contribution in [3.05, 3.63) is 29.8 Å². The molecule has 0 saturated carbocycles. The van der Waals surface area contributed by atoms with Crippen molar-refractivity contribution in [3.8, 4) is 5.75 Å². The van der Waals surface area contributed by atoms with Crippen molar-refractivity contribution >= 4 is 5.91 Å². The quantitative estimate of drug-likeness (QED) is 0.794. The molecule has 1 aromatic rings. The average molecular weight is 264 g/mol. The Kier molecular flexibility index (Phi) is 5.83. The Morgan fingerprint density at radius 2 is 2.05 bits per heavy atom. The van der Waals surface area contributed by atoms with Gasteiger partial charge in [-0.3, -0.25) is 10.1 Å². The van der Waals surface area contributed by atoms with Crippen LogP contribution in [0.25, 0.3) is 0 Å². The van der Waals surface area contributed by atoms with Crippen molar-refractivity contribution in [2.45, 2.75) is 52.3 Å². The second-order valence-corrected chi connectivity index (χ2v) is 5.05. The molecule has 3 N–H and O–H groups in total. The first-order valence-corrected chi connectivity index (χ1v) is 6.76. The number of carbonyl (C=O) groups excluding carboxylic acids is 1. The smallest absolute Gasteiger partial charge is 0.239 e. The highest BCUT2D eigenvalue weighted by Gasteiger charge is 2.19. The number of benzene rings is 1. The van der Waals surface area contributed by atoms with Gasteiger partial charge in [-0.25, -0.2) is 0 Å². The zero-order valence-electron chi connectivity index (χ0n) is 12.1. The van der Waals surface area contributed by atoms with E-state index in [0.717, 1.165) is 17.7 Å². The lowest BCUT2D eigenvalue weighted by Crippen LogP contribution is -2.38. The van der Waals surface area contributed by atoms with E-state index in [4.69, 9.17) is 10.5 Å². The molecule has 0 aromatic heterocycles. The summed E-state index contributed by atoms with van der Waals surface area (Å²) in [4.78, 5) is 11.6. The minimum atomic E-state index is -0.481. The van der Waals surface area contributed by atoms with Gasteiger partial charge >= 0.3 is 0 Å². The van der Waals surface area contributed by atoms with Gasteiger partial charge in [-0.2, -0.15) is 0 Å². The van der Waals surface area contributed by atoms with Crippen LogP contribution in [0.3, 0.4) is 0 Å². The maximum absolute atomic E-state index is 11.6. The Balaban J connectivity index is 2.92. The van der Waals surface area contributed by atoms with E-state index in [2.05, 4.69) is 12.2 Å². The molecule has 0 spiro atoms. The molecule has 0 aliphatic carbocycles. The van der Waals surface area contributed by atoms with Crippen LogP contribution in [-0.2, 0) is 4.79 Å². The van der Waals surface area contributed by atoms with Gasteiger partial charge in [0.15, 0.2) is 0 Å². The molecule has 2 atom stereocenters. The number of nitrogens with one attached hydrogen (secondary N) is 1. The van der Waals surface area contributed by atoms with Crippen molar-refractivity contribution < 1.29 is 9.53 Å². The number of amides is 1. The third-order valence-electron chi connectivity index (χ3n) is 2.91. The Morgan fingerprint density at radius 3 is 2.58 bits per heavy atom. The number of primary amides is 1. The first-order valence-electron chi connectivity index (χ1n) is 6.76. The van der Waals surface area contributed by atoms with Crippen molar-refractivity contribution in [1.82, 2.24) is 5.32 Å². The summed E-state index contributed by atoms with van der Waals surface area (Å²) in [7, 11) is 0. The molecule has 1 rings (SSSR count). The molecule has 0 saturated heterocycles. The van der Waals surface area contributed by atoms with E-state index in [9.17, 15) is 4.79 Å². The average Bonchev–Trinajstić information content (AvgIpc) is 2.34. The van der Waals surface area contributed by atoms with Gasteiger partial charge in [0.2, 0.25) is 5.91 Å². The monoisotopic (exact) mass is 264 g/mol. The molecule has 1 aromatic carbocycles. The second-order valence-electron chi connectivity index (χ2n) is 5.05. The first-order chi connectivity index (χ1) is 8.93. The van der Waals surface area contributed by atoms with E-state index in [-0.39, 0.29) is 18.1 Å². The lowest BCUT2D eigenvalue weighted by atomic mass is 10.0. The number of hydrogen-bond donors (Lipinski definition) is 2. The lowest BCUT2D eigenvalue weighted by Gasteiger charge is -2.21. The van der Waals surface area contributed by atoms with Crippen LogP contribution in [0.1, 0.15) is 45.7 Å². The van der Waals surface area contributed by atoms with Crippen molar-refractivity contribution in [2.24, 2.45) is 5.73 Å². The highest BCUT2D eigenvalue weighted by atomic mass is 16.5. The van der Waals surface area contributed by atoms with E-state index in [0.29, 0.717) is 0 Å². The zero-order chi connectivity index (χ0) is 14.4. The third kappa shape index (κ3) is 4.91. The van der Waals surface area contributed by atoms with Gasteiger partial charge < -0.3 is 10.5 Å². The molecule has 4 heteroatoms. The SMILES string of the molecule is CCC(C)NC(C(N)=O)c1cccc(OC(C)C)c1.